The van der Waals surface area contributed by atoms with E-state index in [0.717, 1.165) is 72.6 Å². The molecule has 0 spiro atoms. The molecule has 0 unspecified atom stereocenters. The van der Waals surface area contributed by atoms with Crippen molar-refractivity contribution in [2.75, 3.05) is 0 Å². The summed E-state index contributed by atoms with van der Waals surface area (Å²) in [7, 11) is 0. The van der Waals surface area contributed by atoms with Crippen molar-refractivity contribution in [2.24, 2.45) is 0 Å². The van der Waals surface area contributed by atoms with Crippen molar-refractivity contribution in [1.29, 1.82) is 0 Å². The highest BCUT2D eigenvalue weighted by atomic mass is 16.1. The third kappa shape index (κ3) is 4.67. The number of carbonyl (C=O) groups excluding carboxylic acids is 1. The lowest BCUT2D eigenvalue weighted by atomic mass is 9.82. The van der Waals surface area contributed by atoms with Crippen molar-refractivity contribution in [3.63, 3.8) is 0 Å². The minimum Gasteiger partial charge on any atom is -0.309 e. The number of imidazole rings is 1. The number of carbonyl (C=O) groups is 1. The summed E-state index contributed by atoms with van der Waals surface area (Å²) in [4.78, 5) is 19.4. The monoisotopic (exact) mass is 818 g/mol. The van der Waals surface area contributed by atoms with Crippen LogP contribution in [0.25, 0.3) is 105 Å². The minimum absolute atomic E-state index is 0.0524. The smallest absolute Gasteiger partial charge is 0.194 e. The highest BCUT2D eigenvalue weighted by Gasteiger charge is 2.36. The number of benzene rings is 9. The standard InChI is InChI=1S/C59H38N4O/c1-59(2)49-21-11-8-17-40(49)45-31-47-42-19-10-13-23-53(42)62(55(47)34-50(45)59)37-26-24-35(25-27-37)58-60-51-32-44-39-16-6-7-20-43(39)57(64)48(44)33-56(51)63(58)38-28-29-54-46(30-38)41-18-9-12-22-52(41)61(54)36-14-4-3-5-15-36/h3-34H,1-2H3. The van der Waals surface area contributed by atoms with E-state index >= 15 is 0 Å². The van der Waals surface area contributed by atoms with E-state index in [4.69, 9.17) is 4.98 Å². The lowest BCUT2D eigenvalue weighted by molar-refractivity contribution is 0.104. The van der Waals surface area contributed by atoms with Gasteiger partial charge in [-0.05, 0) is 124 Å². The van der Waals surface area contributed by atoms with E-state index in [-0.39, 0.29) is 11.2 Å². The molecule has 5 heteroatoms. The highest BCUT2D eigenvalue weighted by Crippen LogP contribution is 2.51. The number of para-hydroxylation sites is 3. The molecular weight excluding hydrogens is 781 g/mol. The molecule has 2 aliphatic rings. The van der Waals surface area contributed by atoms with Gasteiger partial charge in [0.1, 0.15) is 5.82 Å². The van der Waals surface area contributed by atoms with E-state index in [9.17, 15) is 4.79 Å². The van der Waals surface area contributed by atoms with Crippen molar-refractivity contribution >= 4 is 60.4 Å². The topological polar surface area (TPSA) is 44.8 Å². The van der Waals surface area contributed by atoms with Crippen molar-refractivity contribution in [2.45, 2.75) is 19.3 Å². The first-order valence-corrected chi connectivity index (χ1v) is 22.0. The molecule has 0 radical (unpaired) electrons. The van der Waals surface area contributed by atoms with Gasteiger partial charge in [0.25, 0.3) is 0 Å². The fraction of sp³-hybridized carbons (Fsp3) is 0.0508. The molecule has 5 nitrogen and oxygen atoms in total. The second kappa shape index (κ2) is 12.7. The summed E-state index contributed by atoms with van der Waals surface area (Å²) < 4.78 is 7.00. The average Bonchev–Trinajstić information content (AvgIpc) is 4.11. The molecule has 12 aromatic rings. The number of fused-ring (bicyclic) bond motifs is 13. The fourth-order valence-corrected chi connectivity index (χ4v) is 11.2. The maximum absolute atomic E-state index is 14.0. The third-order valence-corrected chi connectivity index (χ3v) is 14.2. The number of ketones is 1. The van der Waals surface area contributed by atoms with Crippen molar-refractivity contribution in [3.05, 3.63) is 216 Å². The summed E-state index contributed by atoms with van der Waals surface area (Å²) in [6.45, 7) is 4.69. The number of hydrogen-bond acceptors (Lipinski definition) is 2. The lowest BCUT2D eigenvalue weighted by Gasteiger charge is -2.21. The Labute approximate surface area is 368 Å². The van der Waals surface area contributed by atoms with Crippen molar-refractivity contribution in [1.82, 2.24) is 18.7 Å². The molecule has 3 aromatic heterocycles. The number of rotatable bonds is 4. The van der Waals surface area contributed by atoms with Gasteiger partial charge in [-0.15, -0.1) is 0 Å². The van der Waals surface area contributed by atoms with Gasteiger partial charge in [0, 0.05) is 60.7 Å². The van der Waals surface area contributed by atoms with Crippen LogP contribution < -0.4 is 0 Å². The van der Waals surface area contributed by atoms with Gasteiger partial charge in [0.05, 0.1) is 33.1 Å². The number of hydrogen-bond donors (Lipinski definition) is 0. The largest absolute Gasteiger partial charge is 0.309 e. The molecule has 9 aromatic carbocycles. The predicted molar refractivity (Wildman–Crippen MR) is 262 cm³/mol. The summed E-state index contributed by atoms with van der Waals surface area (Å²) in [6.07, 6.45) is 0. The normalized spacial score (nSPS) is 13.6. The van der Waals surface area contributed by atoms with Gasteiger partial charge in [-0.25, -0.2) is 4.98 Å². The zero-order chi connectivity index (χ0) is 42.4. The Bertz CT molecular complexity index is 3990. The van der Waals surface area contributed by atoms with E-state index in [1.54, 1.807) is 0 Å². The zero-order valence-corrected chi connectivity index (χ0v) is 35.2. The minimum atomic E-state index is -0.114. The van der Waals surface area contributed by atoms with Gasteiger partial charge >= 0.3 is 0 Å². The molecular formula is C59H38N4O. The van der Waals surface area contributed by atoms with E-state index in [1.807, 2.05) is 24.3 Å². The van der Waals surface area contributed by atoms with E-state index in [0.29, 0.717) is 5.56 Å². The number of aromatic nitrogens is 4. The molecule has 0 aliphatic heterocycles. The van der Waals surface area contributed by atoms with Gasteiger partial charge in [0.2, 0.25) is 0 Å². The van der Waals surface area contributed by atoms with Crippen LogP contribution in [-0.2, 0) is 5.41 Å². The van der Waals surface area contributed by atoms with Crippen LogP contribution in [0.5, 0.6) is 0 Å². The predicted octanol–water partition coefficient (Wildman–Crippen LogP) is 14.4. The van der Waals surface area contributed by atoms with Gasteiger partial charge < -0.3 is 9.13 Å². The first-order chi connectivity index (χ1) is 31.4. The van der Waals surface area contributed by atoms with Crippen LogP contribution >= 0.6 is 0 Å². The van der Waals surface area contributed by atoms with Gasteiger partial charge in [-0.3, -0.25) is 9.36 Å². The fourth-order valence-electron chi connectivity index (χ4n) is 11.2. The molecule has 64 heavy (non-hydrogen) atoms. The first-order valence-electron chi connectivity index (χ1n) is 22.0. The van der Waals surface area contributed by atoms with Crippen LogP contribution in [-0.4, -0.2) is 24.5 Å². The summed E-state index contributed by atoms with van der Waals surface area (Å²) in [5.74, 6) is 0.869. The SMILES string of the molecule is CC1(C)c2ccccc2-c2cc3c4ccccc4n(-c4ccc(-c5nc6cc7c(cc6n5-c5ccc6c(c5)c5ccccc5n6-c5ccccc5)C(=O)c5ccccc5-7)cc4)c3cc21. The third-order valence-electron chi connectivity index (χ3n) is 14.2. The zero-order valence-electron chi connectivity index (χ0n) is 35.2. The molecule has 0 atom stereocenters. The van der Waals surface area contributed by atoms with Crippen LogP contribution in [0, 0.1) is 0 Å². The van der Waals surface area contributed by atoms with Crippen molar-refractivity contribution < 1.29 is 4.79 Å². The molecule has 0 saturated heterocycles. The molecule has 300 valence electrons. The van der Waals surface area contributed by atoms with Gasteiger partial charge in [-0.1, -0.05) is 117 Å². The molecule has 0 fully saturated rings. The molecule has 14 rings (SSSR count). The van der Waals surface area contributed by atoms with E-state index < -0.39 is 0 Å². The summed E-state index contributed by atoms with van der Waals surface area (Å²) in [6, 6.07) is 69.3. The van der Waals surface area contributed by atoms with E-state index in [1.165, 1.54) is 49.4 Å². The molecule has 2 aliphatic carbocycles. The molecule has 0 bridgehead atoms. The average molecular weight is 819 g/mol. The number of nitrogens with zero attached hydrogens (tertiary/aromatic N) is 4. The van der Waals surface area contributed by atoms with Crippen LogP contribution in [0.1, 0.15) is 40.9 Å². The Morgan fingerprint density at radius 3 is 1.73 bits per heavy atom. The Morgan fingerprint density at radius 1 is 0.375 bits per heavy atom. The van der Waals surface area contributed by atoms with Crippen molar-refractivity contribution in [3.8, 4) is 50.7 Å². The Hall–Kier alpha value is -8.28. The Morgan fingerprint density at radius 2 is 0.969 bits per heavy atom. The molecule has 3 heterocycles. The van der Waals surface area contributed by atoms with Crippen LogP contribution in [0.15, 0.2) is 194 Å². The Balaban J connectivity index is 0.976. The maximum Gasteiger partial charge on any atom is 0.194 e. The van der Waals surface area contributed by atoms with E-state index in [2.05, 4.69) is 197 Å². The highest BCUT2D eigenvalue weighted by molar-refractivity contribution is 6.23. The van der Waals surface area contributed by atoms with Gasteiger partial charge in [-0.2, -0.15) is 0 Å². The Kier molecular flexibility index (Phi) is 6.98. The first kappa shape index (κ1) is 35.3. The maximum atomic E-state index is 14.0. The molecule has 0 N–H and O–H groups in total. The summed E-state index contributed by atoms with van der Waals surface area (Å²) in [5, 5.41) is 4.81. The van der Waals surface area contributed by atoms with Crippen LogP contribution in [0.4, 0.5) is 0 Å². The molecule has 0 amide bonds. The van der Waals surface area contributed by atoms with Crippen LogP contribution in [0.2, 0.25) is 0 Å². The van der Waals surface area contributed by atoms with Crippen LogP contribution in [0.3, 0.4) is 0 Å². The summed E-state index contributed by atoms with van der Waals surface area (Å²) >= 11 is 0. The second-order valence-corrected chi connectivity index (χ2v) is 17.9. The molecule has 0 saturated carbocycles. The summed E-state index contributed by atoms with van der Waals surface area (Å²) in [5.41, 5.74) is 19.2. The quantitative estimate of drug-likeness (QED) is 0.178. The second-order valence-electron chi connectivity index (χ2n) is 17.9. The lowest BCUT2D eigenvalue weighted by Crippen LogP contribution is -2.14. The van der Waals surface area contributed by atoms with Gasteiger partial charge in [0.15, 0.2) is 5.78 Å².